The summed E-state index contributed by atoms with van der Waals surface area (Å²) in [4.78, 5) is 24.4. The zero-order valence-electron chi connectivity index (χ0n) is 21.0. The normalized spacial score (nSPS) is 13.3. The van der Waals surface area contributed by atoms with Gasteiger partial charge in [0.05, 0.1) is 12.0 Å². The Labute approximate surface area is 199 Å². The number of hydrogen-bond acceptors (Lipinski definition) is 5. The van der Waals surface area contributed by atoms with Crippen LogP contribution in [0.15, 0.2) is 60.7 Å². The second-order valence-corrected chi connectivity index (χ2v) is 14.1. The molecule has 2 aromatic rings. The molecule has 0 spiro atoms. The molecule has 1 atom stereocenters. The van der Waals surface area contributed by atoms with E-state index in [4.69, 9.17) is 13.9 Å². The molecule has 0 amide bonds. The maximum Gasteiger partial charge on any atom is 0.315 e. The van der Waals surface area contributed by atoms with Crippen LogP contribution in [-0.2, 0) is 23.5 Å². The quantitative estimate of drug-likeness (QED) is 0.379. The van der Waals surface area contributed by atoms with E-state index in [1.165, 1.54) is 17.3 Å². The first-order valence-corrected chi connectivity index (χ1v) is 13.5. The van der Waals surface area contributed by atoms with Gasteiger partial charge in [0.2, 0.25) is 0 Å². The molecule has 0 saturated heterocycles. The third kappa shape index (κ3) is 6.12. The average molecular weight is 471 g/mol. The van der Waals surface area contributed by atoms with Gasteiger partial charge in [0.15, 0.2) is 0 Å². The Bertz CT molecular complexity index is 864. The number of rotatable bonds is 10. The summed E-state index contributed by atoms with van der Waals surface area (Å²) >= 11 is 0. The SMILES string of the molecule is CCOC(=O)C(C)(C)[C@@H](CCO[Si](c1ccccc1)(c1ccccc1)C(C)(C)C)OC(C)=O. The predicted octanol–water partition coefficient (Wildman–Crippen LogP) is 4.47. The monoisotopic (exact) mass is 470 g/mol. The molecule has 0 aliphatic heterocycles. The topological polar surface area (TPSA) is 61.8 Å². The summed E-state index contributed by atoms with van der Waals surface area (Å²) in [6.07, 6.45) is -0.275. The molecule has 0 aliphatic carbocycles. The summed E-state index contributed by atoms with van der Waals surface area (Å²) in [5.74, 6) is -0.815. The van der Waals surface area contributed by atoms with Crippen LogP contribution in [0.25, 0.3) is 0 Å². The van der Waals surface area contributed by atoms with Gasteiger partial charge in [-0.3, -0.25) is 9.59 Å². The van der Waals surface area contributed by atoms with E-state index in [2.05, 4.69) is 45.0 Å². The summed E-state index contributed by atoms with van der Waals surface area (Å²) in [5, 5.41) is 2.19. The number of carbonyl (C=O) groups is 2. The third-order valence-electron chi connectivity index (χ3n) is 6.03. The lowest BCUT2D eigenvalue weighted by atomic mass is 9.84. The second-order valence-electron chi connectivity index (χ2n) is 9.84. The molecule has 6 heteroatoms. The van der Waals surface area contributed by atoms with Gasteiger partial charge in [0.1, 0.15) is 6.10 Å². The summed E-state index contributed by atoms with van der Waals surface area (Å²) in [5.41, 5.74) is -0.990. The van der Waals surface area contributed by atoms with Gasteiger partial charge >= 0.3 is 11.9 Å². The first-order valence-electron chi connectivity index (χ1n) is 11.6. The highest BCUT2D eigenvalue weighted by molar-refractivity contribution is 6.99. The van der Waals surface area contributed by atoms with Gasteiger partial charge in [0, 0.05) is 20.0 Å². The molecule has 0 fully saturated rings. The van der Waals surface area contributed by atoms with Crippen LogP contribution in [0.3, 0.4) is 0 Å². The van der Waals surface area contributed by atoms with Crippen molar-refractivity contribution in [2.75, 3.05) is 13.2 Å². The molecule has 0 aliphatic rings. The standard InChI is InChI=1S/C27H38O5Si/c1-8-30-25(29)27(6,7)24(32-21(2)28)19-20-31-33(26(3,4)5,22-15-11-9-12-16-22)23-17-13-10-14-18-23/h9-18,24H,8,19-20H2,1-7H3/t24-/m1/s1. The van der Waals surface area contributed by atoms with Crippen molar-refractivity contribution in [1.29, 1.82) is 0 Å². The van der Waals surface area contributed by atoms with Crippen molar-refractivity contribution in [3.05, 3.63) is 60.7 Å². The third-order valence-corrected chi connectivity index (χ3v) is 11.1. The lowest BCUT2D eigenvalue weighted by Crippen LogP contribution is -2.66. The molecule has 0 aromatic heterocycles. The van der Waals surface area contributed by atoms with Gasteiger partial charge in [-0.1, -0.05) is 81.4 Å². The van der Waals surface area contributed by atoms with E-state index >= 15 is 0 Å². The van der Waals surface area contributed by atoms with Crippen molar-refractivity contribution in [2.24, 2.45) is 5.41 Å². The fourth-order valence-corrected chi connectivity index (χ4v) is 8.88. The van der Waals surface area contributed by atoms with Crippen LogP contribution in [0.1, 0.15) is 54.9 Å². The van der Waals surface area contributed by atoms with Crippen LogP contribution in [0.2, 0.25) is 5.04 Å². The Balaban J connectivity index is 2.43. The zero-order valence-corrected chi connectivity index (χ0v) is 22.0. The molecule has 0 bridgehead atoms. The van der Waals surface area contributed by atoms with Gasteiger partial charge in [-0.05, 0) is 36.2 Å². The van der Waals surface area contributed by atoms with Crippen LogP contribution in [0, 0.1) is 5.41 Å². The predicted molar refractivity (Wildman–Crippen MR) is 134 cm³/mol. The smallest absolute Gasteiger partial charge is 0.315 e. The summed E-state index contributed by atoms with van der Waals surface area (Å²) < 4.78 is 17.7. The average Bonchev–Trinajstić information content (AvgIpc) is 2.76. The first kappa shape index (κ1) is 26.8. The minimum Gasteiger partial charge on any atom is -0.465 e. The van der Waals surface area contributed by atoms with Crippen molar-refractivity contribution in [3.63, 3.8) is 0 Å². The van der Waals surface area contributed by atoms with Crippen molar-refractivity contribution in [1.82, 2.24) is 0 Å². The van der Waals surface area contributed by atoms with Gasteiger partial charge in [0.25, 0.3) is 8.32 Å². The first-order chi connectivity index (χ1) is 15.5. The largest absolute Gasteiger partial charge is 0.465 e. The summed E-state index contributed by atoms with van der Waals surface area (Å²) in [7, 11) is -2.71. The second kappa shape index (κ2) is 11.1. The van der Waals surface area contributed by atoms with Gasteiger partial charge < -0.3 is 13.9 Å². The van der Waals surface area contributed by atoms with Crippen molar-refractivity contribution >= 4 is 30.6 Å². The Kier molecular flexibility index (Phi) is 9.03. The lowest BCUT2D eigenvalue weighted by molar-refractivity contribution is -0.169. The maximum atomic E-state index is 12.6. The molecule has 33 heavy (non-hydrogen) atoms. The molecular formula is C27H38O5Si. The van der Waals surface area contributed by atoms with E-state index in [9.17, 15) is 9.59 Å². The molecule has 0 N–H and O–H groups in total. The van der Waals surface area contributed by atoms with Crippen molar-refractivity contribution in [3.8, 4) is 0 Å². The zero-order chi connectivity index (χ0) is 24.7. The Morgan fingerprint density at radius 2 is 1.36 bits per heavy atom. The Morgan fingerprint density at radius 3 is 1.76 bits per heavy atom. The van der Waals surface area contributed by atoms with Gasteiger partial charge in [-0.15, -0.1) is 0 Å². The number of benzene rings is 2. The molecule has 0 radical (unpaired) electrons. The number of hydrogen-bond donors (Lipinski definition) is 0. The Morgan fingerprint density at radius 1 is 0.879 bits per heavy atom. The van der Waals surface area contributed by atoms with Crippen LogP contribution in [0.4, 0.5) is 0 Å². The van der Waals surface area contributed by atoms with E-state index in [0.717, 1.165) is 0 Å². The number of ether oxygens (including phenoxy) is 2. The molecule has 180 valence electrons. The maximum absolute atomic E-state index is 12.6. The minimum atomic E-state index is -2.71. The van der Waals surface area contributed by atoms with Crippen LogP contribution >= 0.6 is 0 Å². The van der Waals surface area contributed by atoms with Crippen molar-refractivity contribution < 1.29 is 23.5 Å². The molecule has 2 aromatic carbocycles. The minimum absolute atomic E-state index is 0.163. The summed E-state index contributed by atoms with van der Waals surface area (Å²) in [6, 6.07) is 20.7. The Hall–Kier alpha value is -2.44. The fraction of sp³-hybridized carbons (Fsp3) is 0.481. The van der Waals surface area contributed by atoms with Crippen LogP contribution < -0.4 is 10.4 Å². The fourth-order valence-electron chi connectivity index (χ4n) is 4.30. The molecule has 0 saturated carbocycles. The number of carbonyl (C=O) groups excluding carboxylic acids is 2. The van der Waals surface area contributed by atoms with Crippen LogP contribution in [0.5, 0.6) is 0 Å². The van der Waals surface area contributed by atoms with Gasteiger partial charge in [-0.2, -0.15) is 0 Å². The number of esters is 2. The van der Waals surface area contributed by atoms with E-state index in [1.54, 1.807) is 20.8 Å². The van der Waals surface area contributed by atoms with E-state index in [-0.39, 0.29) is 17.6 Å². The van der Waals surface area contributed by atoms with E-state index < -0.39 is 25.8 Å². The molecule has 2 rings (SSSR count). The molecule has 0 unspecified atom stereocenters. The lowest BCUT2D eigenvalue weighted by Gasteiger charge is -2.43. The highest BCUT2D eigenvalue weighted by atomic mass is 28.4. The van der Waals surface area contributed by atoms with Crippen molar-refractivity contribution in [2.45, 2.75) is 66.0 Å². The van der Waals surface area contributed by atoms with E-state index in [0.29, 0.717) is 13.0 Å². The molecular weight excluding hydrogens is 432 g/mol. The highest BCUT2D eigenvalue weighted by Gasteiger charge is 2.50. The molecule has 5 nitrogen and oxygen atoms in total. The molecule has 0 heterocycles. The summed E-state index contributed by atoms with van der Waals surface area (Å²) in [6.45, 7) is 13.9. The highest BCUT2D eigenvalue weighted by Crippen LogP contribution is 2.37. The van der Waals surface area contributed by atoms with Gasteiger partial charge in [-0.25, -0.2) is 0 Å². The van der Waals surface area contributed by atoms with Crippen LogP contribution in [-0.4, -0.2) is 39.6 Å². The van der Waals surface area contributed by atoms with E-state index in [1.807, 2.05) is 36.4 Å².